The first kappa shape index (κ1) is 10.3. The predicted octanol–water partition coefficient (Wildman–Crippen LogP) is 1.54. The van der Waals surface area contributed by atoms with E-state index in [-0.39, 0.29) is 6.10 Å². The number of nitrogens with zero attached hydrogens (tertiary/aromatic N) is 3. The quantitative estimate of drug-likeness (QED) is 0.760. The van der Waals surface area contributed by atoms with Gasteiger partial charge in [0.25, 0.3) is 0 Å². The summed E-state index contributed by atoms with van der Waals surface area (Å²) < 4.78 is 33.3. The van der Waals surface area contributed by atoms with Gasteiger partial charge in [0.2, 0.25) is 0 Å². The van der Waals surface area contributed by atoms with E-state index in [1.165, 1.54) is 29.5 Å². The maximum Gasteiger partial charge on any atom is 0.137 e. The molecular formula is C11H9F2N3O. The Morgan fingerprint density at radius 1 is 1.41 bits per heavy atom. The van der Waals surface area contributed by atoms with Crippen molar-refractivity contribution in [3.05, 3.63) is 48.1 Å². The third-order valence-corrected chi connectivity index (χ3v) is 2.71. The van der Waals surface area contributed by atoms with Crippen molar-refractivity contribution in [2.24, 2.45) is 0 Å². The molecule has 88 valence electrons. The van der Waals surface area contributed by atoms with Gasteiger partial charge in [-0.15, -0.1) is 0 Å². The van der Waals surface area contributed by atoms with E-state index < -0.39 is 17.7 Å². The normalized spacial score (nSPS) is 20.2. The van der Waals surface area contributed by atoms with E-state index >= 15 is 0 Å². The van der Waals surface area contributed by atoms with Crippen LogP contribution >= 0.6 is 0 Å². The first-order valence-electron chi connectivity index (χ1n) is 5.16. The van der Waals surface area contributed by atoms with E-state index in [4.69, 9.17) is 4.74 Å². The van der Waals surface area contributed by atoms with E-state index in [0.29, 0.717) is 12.2 Å². The molecule has 1 aliphatic rings. The topological polar surface area (TPSA) is 43.2 Å². The molecule has 2 atom stereocenters. The minimum atomic E-state index is -0.597. The van der Waals surface area contributed by atoms with Crippen molar-refractivity contribution in [1.82, 2.24) is 14.8 Å². The standard InChI is InChI=1S/C11H9F2N3O/c12-7-1-2-8(9(13)3-7)11(10-4-17-10)16-6-14-5-15-16/h1-3,5-6,10-11H,4H2/t10-,11-/m0/s1. The molecule has 0 saturated carbocycles. The summed E-state index contributed by atoms with van der Waals surface area (Å²) in [6, 6.07) is 3.11. The molecule has 4 nitrogen and oxygen atoms in total. The fraction of sp³-hybridized carbons (Fsp3) is 0.273. The summed E-state index contributed by atoms with van der Waals surface area (Å²) in [5, 5.41) is 3.98. The van der Waals surface area contributed by atoms with Crippen molar-refractivity contribution in [2.45, 2.75) is 12.1 Å². The summed E-state index contributed by atoms with van der Waals surface area (Å²) in [4.78, 5) is 3.83. The van der Waals surface area contributed by atoms with Crippen LogP contribution in [0, 0.1) is 11.6 Å². The van der Waals surface area contributed by atoms with E-state index in [0.717, 1.165) is 6.07 Å². The molecular weight excluding hydrogens is 228 g/mol. The third kappa shape index (κ3) is 1.91. The van der Waals surface area contributed by atoms with Crippen LogP contribution in [0.2, 0.25) is 0 Å². The highest BCUT2D eigenvalue weighted by atomic mass is 19.1. The molecule has 1 aromatic heterocycles. The lowest BCUT2D eigenvalue weighted by atomic mass is 10.0. The van der Waals surface area contributed by atoms with Gasteiger partial charge in [-0.1, -0.05) is 6.07 Å². The monoisotopic (exact) mass is 237 g/mol. The molecule has 0 radical (unpaired) electrons. The van der Waals surface area contributed by atoms with Crippen LogP contribution in [0.1, 0.15) is 11.6 Å². The molecule has 1 aliphatic heterocycles. The zero-order chi connectivity index (χ0) is 11.8. The molecule has 0 N–H and O–H groups in total. The van der Waals surface area contributed by atoms with Crippen LogP contribution in [0.3, 0.4) is 0 Å². The van der Waals surface area contributed by atoms with Gasteiger partial charge in [-0.25, -0.2) is 18.4 Å². The lowest BCUT2D eigenvalue weighted by Gasteiger charge is -2.15. The summed E-state index contributed by atoms with van der Waals surface area (Å²) >= 11 is 0. The van der Waals surface area contributed by atoms with Crippen molar-refractivity contribution >= 4 is 0 Å². The zero-order valence-corrected chi connectivity index (χ0v) is 8.75. The lowest BCUT2D eigenvalue weighted by molar-refractivity contribution is 0.333. The highest BCUT2D eigenvalue weighted by molar-refractivity contribution is 5.24. The van der Waals surface area contributed by atoms with Gasteiger partial charge in [0.1, 0.15) is 36.4 Å². The van der Waals surface area contributed by atoms with Crippen LogP contribution in [-0.4, -0.2) is 27.5 Å². The van der Waals surface area contributed by atoms with Crippen molar-refractivity contribution in [2.75, 3.05) is 6.61 Å². The van der Waals surface area contributed by atoms with E-state index in [1.807, 2.05) is 0 Å². The van der Waals surface area contributed by atoms with Gasteiger partial charge in [-0.2, -0.15) is 5.10 Å². The number of hydrogen-bond donors (Lipinski definition) is 0. The van der Waals surface area contributed by atoms with Crippen molar-refractivity contribution in [1.29, 1.82) is 0 Å². The molecule has 0 unspecified atom stereocenters. The molecule has 6 heteroatoms. The Morgan fingerprint density at radius 3 is 2.82 bits per heavy atom. The van der Waals surface area contributed by atoms with Crippen molar-refractivity contribution in [3.63, 3.8) is 0 Å². The maximum absolute atomic E-state index is 13.7. The highest BCUT2D eigenvalue weighted by Crippen LogP contribution is 2.32. The zero-order valence-electron chi connectivity index (χ0n) is 8.75. The smallest absolute Gasteiger partial charge is 0.137 e. The molecule has 0 bridgehead atoms. The van der Waals surface area contributed by atoms with Crippen LogP contribution in [0.4, 0.5) is 8.78 Å². The number of rotatable bonds is 3. The molecule has 2 aromatic rings. The Hall–Kier alpha value is -1.82. The van der Waals surface area contributed by atoms with Crippen LogP contribution in [0.5, 0.6) is 0 Å². The van der Waals surface area contributed by atoms with E-state index in [1.54, 1.807) is 0 Å². The van der Waals surface area contributed by atoms with Crippen LogP contribution in [0.15, 0.2) is 30.9 Å². The fourth-order valence-corrected chi connectivity index (χ4v) is 1.85. The van der Waals surface area contributed by atoms with Crippen molar-refractivity contribution in [3.8, 4) is 0 Å². The summed E-state index contributed by atoms with van der Waals surface area (Å²) in [5.41, 5.74) is 0.361. The van der Waals surface area contributed by atoms with Gasteiger partial charge in [0.15, 0.2) is 0 Å². The Morgan fingerprint density at radius 2 is 2.24 bits per heavy atom. The van der Waals surface area contributed by atoms with Gasteiger partial charge >= 0.3 is 0 Å². The number of halogens is 2. The number of epoxide rings is 1. The summed E-state index contributed by atoms with van der Waals surface area (Å²) in [6.07, 6.45) is 2.74. The van der Waals surface area contributed by atoms with Gasteiger partial charge in [0.05, 0.1) is 6.61 Å². The Labute approximate surface area is 95.8 Å². The van der Waals surface area contributed by atoms with Crippen LogP contribution < -0.4 is 0 Å². The number of benzene rings is 1. The Bertz CT molecular complexity index is 526. The fourth-order valence-electron chi connectivity index (χ4n) is 1.85. The molecule has 1 saturated heterocycles. The van der Waals surface area contributed by atoms with Gasteiger partial charge in [-0.3, -0.25) is 0 Å². The molecule has 2 heterocycles. The number of aromatic nitrogens is 3. The minimum Gasteiger partial charge on any atom is -0.370 e. The molecule has 1 aromatic carbocycles. The summed E-state index contributed by atoms with van der Waals surface area (Å²) in [5.74, 6) is -1.19. The number of hydrogen-bond acceptors (Lipinski definition) is 3. The average molecular weight is 237 g/mol. The average Bonchev–Trinajstić information content (AvgIpc) is 2.97. The maximum atomic E-state index is 13.7. The minimum absolute atomic E-state index is 0.128. The summed E-state index contributed by atoms with van der Waals surface area (Å²) in [7, 11) is 0. The molecule has 1 fully saturated rings. The van der Waals surface area contributed by atoms with E-state index in [2.05, 4.69) is 10.1 Å². The van der Waals surface area contributed by atoms with Crippen molar-refractivity contribution < 1.29 is 13.5 Å². The third-order valence-electron chi connectivity index (χ3n) is 2.71. The molecule has 3 rings (SSSR count). The number of ether oxygens (including phenoxy) is 1. The second kappa shape index (κ2) is 3.89. The van der Waals surface area contributed by atoms with Gasteiger partial charge in [-0.05, 0) is 6.07 Å². The Balaban J connectivity index is 2.04. The molecule has 17 heavy (non-hydrogen) atoms. The predicted molar refractivity (Wildman–Crippen MR) is 54.3 cm³/mol. The largest absolute Gasteiger partial charge is 0.370 e. The lowest BCUT2D eigenvalue weighted by Crippen LogP contribution is -2.18. The second-order valence-corrected chi connectivity index (χ2v) is 3.86. The first-order chi connectivity index (χ1) is 8.25. The Kier molecular flexibility index (Phi) is 2.36. The molecule has 0 spiro atoms. The van der Waals surface area contributed by atoms with E-state index in [9.17, 15) is 8.78 Å². The summed E-state index contributed by atoms with van der Waals surface area (Å²) in [6.45, 7) is 0.543. The SMILES string of the molecule is Fc1ccc([C@@H]([C@@H]2CO2)n2cncn2)c(F)c1. The highest BCUT2D eigenvalue weighted by Gasteiger charge is 2.37. The van der Waals surface area contributed by atoms with Crippen LogP contribution in [0.25, 0.3) is 0 Å². The van der Waals surface area contributed by atoms with Gasteiger partial charge in [0, 0.05) is 11.6 Å². The van der Waals surface area contributed by atoms with Crippen LogP contribution in [-0.2, 0) is 4.74 Å². The molecule has 0 aliphatic carbocycles. The molecule has 0 amide bonds. The van der Waals surface area contributed by atoms with Gasteiger partial charge < -0.3 is 4.74 Å². The first-order valence-corrected chi connectivity index (χ1v) is 5.16. The second-order valence-electron chi connectivity index (χ2n) is 3.86.